The Labute approximate surface area is 103 Å². The van der Waals surface area contributed by atoms with E-state index in [1.165, 1.54) is 0 Å². The Morgan fingerprint density at radius 3 is 2.76 bits per heavy atom. The maximum absolute atomic E-state index is 9.60. The average Bonchev–Trinajstić information content (AvgIpc) is 2.34. The van der Waals surface area contributed by atoms with Crippen molar-refractivity contribution < 1.29 is 5.11 Å². The highest BCUT2D eigenvalue weighted by Crippen LogP contribution is 2.13. The molecule has 4 heteroatoms. The van der Waals surface area contributed by atoms with Crippen LogP contribution < -0.4 is 11.1 Å². The summed E-state index contributed by atoms with van der Waals surface area (Å²) in [4.78, 5) is 4.44. The molecule has 2 atom stereocenters. The summed E-state index contributed by atoms with van der Waals surface area (Å²) in [6.45, 7) is 2.68. The van der Waals surface area contributed by atoms with Crippen LogP contribution in [0.5, 0.6) is 5.75 Å². The summed E-state index contributed by atoms with van der Waals surface area (Å²) in [5.41, 5.74) is 6.28. The third kappa shape index (κ3) is 4.17. The Kier molecular flexibility index (Phi) is 5.66. The molecule has 0 aliphatic carbocycles. The van der Waals surface area contributed by atoms with Crippen molar-refractivity contribution in [2.45, 2.75) is 25.4 Å². The Balaban J connectivity index is 2.67. The molecule has 0 bridgehead atoms. The minimum atomic E-state index is 0.128. The van der Waals surface area contributed by atoms with E-state index < -0.39 is 0 Å². The molecule has 17 heavy (non-hydrogen) atoms. The van der Waals surface area contributed by atoms with Gasteiger partial charge in [0.05, 0.1) is 6.04 Å². The largest absolute Gasteiger partial charge is 0.507 e. The molecule has 1 aromatic rings. The van der Waals surface area contributed by atoms with Crippen molar-refractivity contribution in [3.63, 3.8) is 0 Å². The highest BCUT2D eigenvalue weighted by molar-refractivity contribution is 5.83. The number of nitrogens with zero attached hydrogens (tertiary/aromatic N) is 1. The Morgan fingerprint density at radius 2 is 2.18 bits per heavy atom. The quantitative estimate of drug-likeness (QED) is 0.647. The molecule has 0 amide bonds. The number of rotatable bonds is 6. The Hall–Kier alpha value is -1.39. The number of para-hydroxylation sites is 1. The molecule has 2 unspecified atom stereocenters. The van der Waals surface area contributed by atoms with E-state index in [9.17, 15) is 5.11 Å². The second kappa shape index (κ2) is 7.04. The van der Waals surface area contributed by atoms with Crippen LogP contribution >= 0.6 is 0 Å². The number of nitrogens with two attached hydrogens (primary N) is 1. The van der Waals surface area contributed by atoms with Gasteiger partial charge in [-0.05, 0) is 39.1 Å². The molecular weight excluding hydrogens is 214 g/mol. The monoisotopic (exact) mass is 235 g/mol. The lowest BCUT2D eigenvalue weighted by Crippen LogP contribution is -2.36. The summed E-state index contributed by atoms with van der Waals surface area (Å²) >= 11 is 0. The molecule has 4 nitrogen and oxygen atoms in total. The summed E-state index contributed by atoms with van der Waals surface area (Å²) in [7, 11) is 1.91. The molecule has 1 aromatic carbocycles. The first kappa shape index (κ1) is 13.7. The van der Waals surface area contributed by atoms with Gasteiger partial charge in [-0.3, -0.25) is 4.99 Å². The fourth-order valence-electron chi connectivity index (χ4n) is 1.70. The van der Waals surface area contributed by atoms with Crippen molar-refractivity contribution in [1.82, 2.24) is 5.32 Å². The summed E-state index contributed by atoms with van der Waals surface area (Å²) in [5, 5.41) is 12.8. The van der Waals surface area contributed by atoms with Gasteiger partial charge in [-0.25, -0.2) is 0 Å². The van der Waals surface area contributed by atoms with Gasteiger partial charge in [0.25, 0.3) is 0 Å². The summed E-state index contributed by atoms with van der Waals surface area (Å²) in [6, 6.07) is 7.55. The van der Waals surface area contributed by atoms with E-state index in [0.29, 0.717) is 6.54 Å². The average molecular weight is 235 g/mol. The minimum absolute atomic E-state index is 0.128. The van der Waals surface area contributed by atoms with Gasteiger partial charge in [0.2, 0.25) is 0 Å². The lowest BCUT2D eigenvalue weighted by molar-refractivity contribution is 0.460. The molecule has 0 aliphatic heterocycles. The van der Waals surface area contributed by atoms with Gasteiger partial charge in [-0.1, -0.05) is 12.1 Å². The van der Waals surface area contributed by atoms with Gasteiger partial charge >= 0.3 is 0 Å². The van der Waals surface area contributed by atoms with E-state index in [2.05, 4.69) is 10.3 Å². The predicted octanol–water partition coefficient (Wildman–Crippen LogP) is 1.14. The smallest absolute Gasteiger partial charge is 0.124 e. The third-order valence-electron chi connectivity index (χ3n) is 2.82. The van der Waals surface area contributed by atoms with Crippen molar-refractivity contribution in [1.29, 1.82) is 0 Å². The van der Waals surface area contributed by atoms with Crippen molar-refractivity contribution in [2.24, 2.45) is 10.7 Å². The number of benzene rings is 1. The molecule has 0 spiro atoms. The normalized spacial score (nSPS) is 15.0. The van der Waals surface area contributed by atoms with Crippen molar-refractivity contribution in [3.05, 3.63) is 29.8 Å². The second-order valence-corrected chi connectivity index (χ2v) is 4.05. The predicted molar refractivity (Wildman–Crippen MR) is 71.7 cm³/mol. The fraction of sp³-hybridized carbons (Fsp3) is 0.462. The zero-order valence-electron chi connectivity index (χ0n) is 10.4. The lowest BCUT2D eigenvalue weighted by Gasteiger charge is -2.19. The number of aliphatic imine (C=N–C) groups is 1. The van der Waals surface area contributed by atoms with Crippen LogP contribution in [0.4, 0.5) is 0 Å². The summed E-state index contributed by atoms with van der Waals surface area (Å²) < 4.78 is 0. The molecule has 4 N–H and O–H groups in total. The van der Waals surface area contributed by atoms with Crippen LogP contribution in [0.1, 0.15) is 18.9 Å². The Morgan fingerprint density at radius 1 is 1.47 bits per heavy atom. The number of phenolic OH excluding ortho intramolecular Hbond substituents is 1. The zero-order chi connectivity index (χ0) is 12.7. The third-order valence-corrected chi connectivity index (χ3v) is 2.82. The highest BCUT2D eigenvalue weighted by atomic mass is 16.3. The van der Waals surface area contributed by atoms with Crippen LogP contribution in [-0.2, 0) is 0 Å². The van der Waals surface area contributed by atoms with Crippen LogP contribution in [0.15, 0.2) is 29.3 Å². The summed E-state index contributed by atoms with van der Waals surface area (Å²) in [6.07, 6.45) is 2.59. The first-order valence-corrected chi connectivity index (χ1v) is 5.87. The standard InChI is InChI=1S/C13H21N3O/c1-10(12(15-2)7-8-14)16-9-11-5-3-4-6-13(11)17/h3-6,9-10,12,15,17H,7-8,14H2,1-2H3. The van der Waals surface area contributed by atoms with Gasteiger partial charge in [0.15, 0.2) is 0 Å². The van der Waals surface area contributed by atoms with Crippen molar-refractivity contribution in [2.75, 3.05) is 13.6 Å². The maximum Gasteiger partial charge on any atom is 0.124 e. The van der Waals surface area contributed by atoms with Gasteiger partial charge < -0.3 is 16.2 Å². The molecule has 0 saturated heterocycles. The molecule has 0 radical (unpaired) electrons. The first-order valence-electron chi connectivity index (χ1n) is 5.87. The molecule has 0 aliphatic rings. The SMILES string of the molecule is CNC(CCN)C(C)N=Cc1ccccc1O. The highest BCUT2D eigenvalue weighted by Gasteiger charge is 2.12. The van der Waals surface area contributed by atoms with Gasteiger partial charge in [-0.2, -0.15) is 0 Å². The fourth-order valence-corrected chi connectivity index (χ4v) is 1.70. The molecule has 0 heterocycles. The maximum atomic E-state index is 9.60. The number of phenols is 1. The molecule has 1 rings (SSSR count). The van der Waals surface area contributed by atoms with Crippen LogP contribution in [0.2, 0.25) is 0 Å². The van der Waals surface area contributed by atoms with Crippen LogP contribution in [0.25, 0.3) is 0 Å². The second-order valence-electron chi connectivity index (χ2n) is 4.05. The van der Waals surface area contributed by atoms with Gasteiger partial charge in [-0.15, -0.1) is 0 Å². The van der Waals surface area contributed by atoms with E-state index in [1.807, 2.05) is 26.1 Å². The van der Waals surface area contributed by atoms with E-state index in [4.69, 9.17) is 5.73 Å². The van der Waals surface area contributed by atoms with E-state index in [0.717, 1.165) is 12.0 Å². The molecular formula is C13H21N3O. The number of nitrogens with one attached hydrogen (secondary N) is 1. The van der Waals surface area contributed by atoms with Crippen LogP contribution in [0.3, 0.4) is 0 Å². The number of aromatic hydroxyl groups is 1. The van der Waals surface area contributed by atoms with E-state index >= 15 is 0 Å². The topological polar surface area (TPSA) is 70.6 Å². The molecule has 0 aromatic heterocycles. The number of likely N-dealkylation sites (N-methyl/N-ethyl adjacent to an activating group) is 1. The van der Waals surface area contributed by atoms with Crippen molar-refractivity contribution in [3.8, 4) is 5.75 Å². The van der Waals surface area contributed by atoms with Crippen LogP contribution in [-0.4, -0.2) is 37.0 Å². The Bertz CT molecular complexity index is 365. The molecule has 0 fully saturated rings. The number of hydrogen-bond acceptors (Lipinski definition) is 4. The lowest BCUT2D eigenvalue weighted by atomic mass is 10.1. The van der Waals surface area contributed by atoms with E-state index in [1.54, 1.807) is 18.3 Å². The van der Waals surface area contributed by atoms with Crippen LogP contribution in [0, 0.1) is 0 Å². The zero-order valence-corrected chi connectivity index (χ0v) is 10.4. The number of hydrogen-bond donors (Lipinski definition) is 3. The molecule has 0 saturated carbocycles. The van der Waals surface area contributed by atoms with E-state index in [-0.39, 0.29) is 17.8 Å². The molecule has 94 valence electrons. The first-order chi connectivity index (χ1) is 8.19. The van der Waals surface area contributed by atoms with Gasteiger partial charge in [0, 0.05) is 17.8 Å². The summed E-state index contributed by atoms with van der Waals surface area (Å²) in [5.74, 6) is 0.253. The minimum Gasteiger partial charge on any atom is -0.507 e. The van der Waals surface area contributed by atoms with Gasteiger partial charge in [0.1, 0.15) is 5.75 Å². The van der Waals surface area contributed by atoms with Crippen molar-refractivity contribution >= 4 is 6.21 Å².